The quantitative estimate of drug-likeness (QED) is 0.754. The molecule has 0 fully saturated rings. The van der Waals surface area contributed by atoms with Gasteiger partial charge in [0.05, 0.1) is 11.2 Å². The van der Waals surface area contributed by atoms with E-state index in [1.807, 2.05) is 24.3 Å². The number of rotatable bonds is 8. The third-order valence-electron chi connectivity index (χ3n) is 3.18. The first-order valence-electron chi connectivity index (χ1n) is 7.34. The molecule has 0 amide bonds. The summed E-state index contributed by atoms with van der Waals surface area (Å²) in [5.41, 5.74) is 1.88. The van der Waals surface area contributed by atoms with Crippen LogP contribution in [0.15, 0.2) is 24.3 Å². The predicted octanol–water partition coefficient (Wildman–Crippen LogP) is 3.12. The van der Waals surface area contributed by atoms with Gasteiger partial charge in [0.15, 0.2) is 5.69 Å². The summed E-state index contributed by atoms with van der Waals surface area (Å²) in [7, 11) is 0. The van der Waals surface area contributed by atoms with E-state index < -0.39 is 0 Å². The van der Waals surface area contributed by atoms with Crippen LogP contribution in [0.4, 0.5) is 5.69 Å². The Morgan fingerprint density at radius 2 is 2.00 bits per heavy atom. The Morgan fingerprint density at radius 3 is 2.81 bits per heavy atom. The Kier molecular flexibility index (Phi) is 5.92. The average molecular weight is 284 g/mol. The second kappa shape index (κ2) is 8.18. The monoisotopic (exact) mass is 284 g/mol. The number of anilines is 1. The molecule has 5 heteroatoms. The van der Waals surface area contributed by atoms with Crippen LogP contribution in [-0.4, -0.2) is 30.0 Å². The van der Waals surface area contributed by atoms with Gasteiger partial charge in [-0.15, -0.1) is 10.2 Å². The molecule has 0 aliphatic carbocycles. The molecule has 2 aromatic rings. The number of hydrogen-bond acceptors (Lipinski definition) is 5. The molecule has 1 N–H and O–H groups in total. The fraction of sp³-hybridized carbons (Fsp3) is 0.438. The Balaban J connectivity index is 1.96. The molecule has 0 aliphatic rings. The molecule has 21 heavy (non-hydrogen) atoms. The van der Waals surface area contributed by atoms with Crippen molar-refractivity contribution in [1.29, 1.82) is 5.26 Å². The van der Waals surface area contributed by atoms with Crippen molar-refractivity contribution in [2.45, 2.75) is 26.2 Å². The molecule has 0 radical (unpaired) electrons. The summed E-state index contributed by atoms with van der Waals surface area (Å²) in [6.07, 6.45) is 3.15. The molecule has 1 aromatic carbocycles. The molecule has 5 nitrogen and oxygen atoms in total. The van der Waals surface area contributed by atoms with Crippen LogP contribution in [0, 0.1) is 11.3 Å². The number of nitriles is 1. The zero-order chi connectivity index (χ0) is 14.9. The maximum Gasteiger partial charge on any atom is 0.186 e. The van der Waals surface area contributed by atoms with Crippen LogP contribution in [0.3, 0.4) is 0 Å². The van der Waals surface area contributed by atoms with Gasteiger partial charge in [-0.05, 0) is 18.9 Å². The van der Waals surface area contributed by atoms with E-state index in [0.29, 0.717) is 5.69 Å². The summed E-state index contributed by atoms with van der Waals surface area (Å²) in [6, 6.07) is 9.78. The third-order valence-corrected chi connectivity index (χ3v) is 3.18. The van der Waals surface area contributed by atoms with Gasteiger partial charge in [-0.3, -0.25) is 0 Å². The largest absolute Gasteiger partial charge is 0.382 e. The molecule has 0 aliphatic heterocycles. The Bertz CT molecular complexity index is 621. The van der Waals surface area contributed by atoms with Crippen molar-refractivity contribution in [2.75, 3.05) is 25.1 Å². The Hall–Kier alpha value is -2.19. The third kappa shape index (κ3) is 4.14. The Morgan fingerprint density at radius 1 is 1.19 bits per heavy atom. The molecular weight excluding hydrogens is 264 g/mol. The molecule has 0 bridgehead atoms. The zero-order valence-electron chi connectivity index (χ0n) is 12.3. The highest BCUT2D eigenvalue weighted by atomic mass is 16.5. The molecule has 1 heterocycles. The first kappa shape index (κ1) is 15.2. The number of nitrogens with one attached hydrogen (secondary N) is 1. The van der Waals surface area contributed by atoms with Gasteiger partial charge >= 0.3 is 0 Å². The molecular formula is C16H20N4O. The van der Waals surface area contributed by atoms with E-state index in [0.717, 1.165) is 55.6 Å². The second-order valence-electron chi connectivity index (χ2n) is 4.80. The van der Waals surface area contributed by atoms with Crippen molar-refractivity contribution in [3.05, 3.63) is 30.0 Å². The van der Waals surface area contributed by atoms with E-state index in [-0.39, 0.29) is 0 Å². The van der Waals surface area contributed by atoms with Crippen molar-refractivity contribution in [3.8, 4) is 6.07 Å². The molecule has 0 atom stereocenters. The van der Waals surface area contributed by atoms with Crippen molar-refractivity contribution in [1.82, 2.24) is 10.2 Å². The van der Waals surface area contributed by atoms with E-state index in [9.17, 15) is 0 Å². The smallest absolute Gasteiger partial charge is 0.186 e. The van der Waals surface area contributed by atoms with Gasteiger partial charge in [-0.25, -0.2) is 0 Å². The highest BCUT2D eigenvalue weighted by Gasteiger charge is 2.09. The number of nitrogens with zero attached hydrogens (tertiary/aromatic N) is 3. The molecule has 0 saturated heterocycles. The minimum absolute atomic E-state index is 0.334. The standard InChI is InChI=1S/C16H20N4O/c1-2-3-10-21-11-6-9-18-16-13-7-4-5-8-14(13)19-20-15(16)12-17/h4-5,7-8H,2-3,6,9-11H2,1H3,(H,18,19). The number of ether oxygens (including phenoxy) is 1. The maximum absolute atomic E-state index is 9.16. The molecule has 0 spiro atoms. The van der Waals surface area contributed by atoms with E-state index in [1.165, 1.54) is 0 Å². The summed E-state index contributed by atoms with van der Waals surface area (Å²) in [6.45, 7) is 4.44. The van der Waals surface area contributed by atoms with Crippen molar-refractivity contribution < 1.29 is 4.74 Å². The first-order chi connectivity index (χ1) is 10.4. The first-order valence-corrected chi connectivity index (χ1v) is 7.34. The molecule has 1 aromatic heterocycles. The predicted molar refractivity (Wildman–Crippen MR) is 83.1 cm³/mol. The SMILES string of the molecule is CCCCOCCCNc1c(C#N)nnc2ccccc12. The zero-order valence-corrected chi connectivity index (χ0v) is 12.3. The van der Waals surface area contributed by atoms with Gasteiger partial charge in [0, 0.05) is 25.1 Å². The lowest BCUT2D eigenvalue weighted by Crippen LogP contribution is -2.09. The number of benzene rings is 1. The maximum atomic E-state index is 9.16. The van der Waals surface area contributed by atoms with Crippen LogP contribution in [0.2, 0.25) is 0 Å². The molecule has 110 valence electrons. The summed E-state index contributed by atoms with van der Waals surface area (Å²) in [4.78, 5) is 0. The van der Waals surface area contributed by atoms with Gasteiger partial charge < -0.3 is 10.1 Å². The van der Waals surface area contributed by atoms with Crippen molar-refractivity contribution in [3.63, 3.8) is 0 Å². The fourth-order valence-electron chi connectivity index (χ4n) is 2.05. The minimum Gasteiger partial charge on any atom is -0.382 e. The topological polar surface area (TPSA) is 70.8 Å². The van der Waals surface area contributed by atoms with Gasteiger partial charge in [-0.2, -0.15) is 5.26 Å². The van der Waals surface area contributed by atoms with Gasteiger partial charge in [0.25, 0.3) is 0 Å². The number of fused-ring (bicyclic) bond motifs is 1. The van der Waals surface area contributed by atoms with E-state index in [4.69, 9.17) is 10.00 Å². The minimum atomic E-state index is 0.334. The Labute approximate surface area is 124 Å². The van der Waals surface area contributed by atoms with Crippen LogP contribution < -0.4 is 5.32 Å². The summed E-state index contributed by atoms with van der Waals surface area (Å²) in [5.74, 6) is 0. The lowest BCUT2D eigenvalue weighted by molar-refractivity contribution is 0.131. The van der Waals surface area contributed by atoms with E-state index >= 15 is 0 Å². The fourth-order valence-corrected chi connectivity index (χ4v) is 2.05. The normalized spacial score (nSPS) is 10.5. The number of unbranched alkanes of at least 4 members (excludes halogenated alkanes) is 1. The average Bonchev–Trinajstić information content (AvgIpc) is 2.54. The summed E-state index contributed by atoms with van der Waals surface area (Å²) < 4.78 is 5.52. The lowest BCUT2D eigenvalue weighted by Gasteiger charge is -2.10. The summed E-state index contributed by atoms with van der Waals surface area (Å²) >= 11 is 0. The highest BCUT2D eigenvalue weighted by molar-refractivity contribution is 5.92. The van der Waals surface area contributed by atoms with Crippen LogP contribution in [0.25, 0.3) is 10.9 Å². The van der Waals surface area contributed by atoms with E-state index in [1.54, 1.807) is 0 Å². The molecule has 2 rings (SSSR count). The van der Waals surface area contributed by atoms with Crippen LogP contribution >= 0.6 is 0 Å². The van der Waals surface area contributed by atoms with Gasteiger partial charge in [-0.1, -0.05) is 31.5 Å². The summed E-state index contributed by atoms with van der Waals surface area (Å²) in [5, 5.41) is 21.4. The molecule has 0 saturated carbocycles. The van der Waals surface area contributed by atoms with E-state index in [2.05, 4.69) is 28.5 Å². The van der Waals surface area contributed by atoms with Crippen LogP contribution in [0.1, 0.15) is 31.9 Å². The van der Waals surface area contributed by atoms with Crippen LogP contribution in [-0.2, 0) is 4.74 Å². The number of aromatic nitrogens is 2. The van der Waals surface area contributed by atoms with Crippen LogP contribution in [0.5, 0.6) is 0 Å². The highest BCUT2D eigenvalue weighted by Crippen LogP contribution is 2.23. The van der Waals surface area contributed by atoms with Gasteiger partial charge in [0.2, 0.25) is 0 Å². The van der Waals surface area contributed by atoms with Gasteiger partial charge in [0.1, 0.15) is 6.07 Å². The number of hydrogen-bond donors (Lipinski definition) is 1. The van der Waals surface area contributed by atoms with Crippen molar-refractivity contribution >= 4 is 16.6 Å². The second-order valence-corrected chi connectivity index (χ2v) is 4.80. The van der Waals surface area contributed by atoms with Crippen molar-refractivity contribution in [2.24, 2.45) is 0 Å². The molecule has 0 unspecified atom stereocenters. The lowest BCUT2D eigenvalue weighted by atomic mass is 10.1.